The fourth-order valence-corrected chi connectivity index (χ4v) is 2.30. The molecule has 0 aliphatic heterocycles. The summed E-state index contributed by atoms with van der Waals surface area (Å²) in [6.45, 7) is 1.03. The number of thiophene rings is 1. The maximum Gasteiger partial charge on any atom is 0.120 e. The van der Waals surface area contributed by atoms with Crippen LogP contribution in [-0.4, -0.2) is 16.8 Å². The molecule has 0 bridgehead atoms. The van der Waals surface area contributed by atoms with Gasteiger partial charge >= 0.3 is 0 Å². The topological polar surface area (TPSA) is 52.5 Å². The van der Waals surface area contributed by atoms with Crippen molar-refractivity contribution in [1.29, 1.82) is 0 Å². The van der Waals surface area contributed by atoms with Crippen molar-refractivity contribution in [2.75, 3.05) is 6.54 Å². The molecule has 0 saturated heterocycles. The van der Waals surface area contributed by atoms with Gasteiger partial charge in [0.15, 0.2) is 0 Å². The Labute approximate surface area is 104 Å². The molecule has 1 atom stereocenters. The average molecular weight is 249 g/mol. The van der Waals surface area contributed by atoms with Gasteiger partial charge < -0.3 is 15.5 Å². The number of nitrogens with one attached hydrogen (secondary N) is 1. The summed E-state index contributed by atoms with van der Waals surface area (Å²) >= 11 is 1.54. The molecule has 3 nitrogen and oxygen atoms in total. The second kappa shape index (κ2) is 5.82. The summed E-state index contributed by atoms with van der Waals surface area (Å²) in [5.74, 6) is 0.283. The van der Waals surface area contributed by atoms with Crippen LogP contribution in [0.5, 0.6) is 5.75 Å². The van der Waals surface area contributed by atoms with Crippen LogP contribution in [0.1, 0.15) is 16.5 Å². The summed E-state index contributed by atoms with van der Waals surface area (Å²) in [6.07, 6.45) is -0.485. The molecule has 0 aliphatic carbocycles. The number of hydrogen-bond donors (Lipinski definition) is 3. The maximum absolute atomic E-state index is 9.84. The van der Waals surface area contributed by atoms with Gasteiger partial charge in [0.05, 0.1) is 0 Å². The van der Waals surface area contributed by atoms with Crippen LogP contribution in [-0.2, 0) is 6.54 Å². The van der Waals surface area contributed by atoms with Gasteiger partial charge in [-0.05, 0) is 17.5 Å². The summed E-state index contributed by atoms with van der Waals surface area (Å²) in [6, 6.07) is 11.0. The first-order valence-corrected chi connectivity index (χ1v) is 6.34. The maximum atomic E-state index is 9.84. The molecule has 90 valence electrons. The molecule has 2 aromatic rings. The number of rotatable bonds is 5. The Morgan fingerprint density at radius 2 is 2.00 bits per heavy atom. The van der Waals surface area contributed by atoms with Crippen molar-refractivity contribution in [1.82, 2.24) is 5.32 Å². The van der Waals surface area contributed by atoms with Crippen molar-refractivity contribution in [2.45, 2.75) is 12.6 Å². The molecule has 0 aliphatic rings. The van der Waals surface area contributed by atoms with Crippen LogP contribution in [0.3, 0.4) is 0 Å². The zero-order valence-electron chi connectivity index (χ0n) is 9.34. The number of phenols is 1. The monoisotopic (exact) mass is 249 g/mol. The lowest BCUT2D eigenvalue weighted by atomic mass is 10.2. The van der Waals surface area contributed by atoms with Crippen LogP contribution >= 0.6 is 11.3 Å². The summed E-state index contributed by atoms with van der Waals surface area (Å²) in [5.41, 5.74) is 0.839. The van der Waals surface area contributed by atoms with Gasteiger partial charge in [-0.2, -0.15) is 0 Å². The highest BCUT2D eigenvalue weighted by molar-refractivity contribution is 7.10. The number of aliphatic hydroxyl groups is 1. The quantitative estimate of drug-likeness (QED) is 0.762. The fourth-order valence-electron chi connectivity index (χ4n) is 1.59. The van der Waals surface area contributed by atoms with Gasteiger partial charge in [0.1, 0.15) is 11.9 Å². The van der Waals surface area contributed by atoms with Crippen molar-refractivity contribution in [2.24, 2.45) is 0 Å². The van der Waals surface area contributed by atoms with Crippen LogP contribution in [0, 0.1) is 0 Å². The van der Waals surface area contributed by atoms with E-state index >= 15 is 0 Å². The molecule has 2 rings (SSSR count). The van der Waals surface area contributed by atoms with E-state index in [1.807, 2.05) is 29.6 Å². The largest absolute Gasteiger partial charge is 0.508 e. The summed E-state index contributed by atoms with van der Waals surface area (Å²) in [5, 5.41) is 24.5. The summed E-state index contributed by atoms with van der Waals surface area (Å²) in [4.78, 5) is 0.954. The van der Waals surface area contributed by atoms with E-state index < -0.39 is 6.10 Å². The molecule has 1 aromatic heterocycles. The van der Waals surface area contributed by atoms with Crippen LogP contribution in [0.25, 0.3) is 0 Å². The molecule has 0 radical (unpaired) electrons. The molecule has 0 fully saturated rings. The number of phenolic OH excluding ortho intramolecular Hbond substituents is 1. The second-order valence-corrected chi connectivity index (χ2v) is 4.77. The first-order valence-electron chi connectivity index (χ1n) is 5.46. The van der Waals surface area contributed by atoms with Crippen LogP contribution in [0.2, 0.25) is 0 Å². The molecule has 0 saturated carbocycles. The number of para-hydroxylation sites is 1. The van der Waals surface area contributed by atoms with E-state index in [9.17, 15) is 10.2 Å². The minimum absolute atomic E-state index is 0.283. The highest BCUT2D eigenvalue weighted by Crippen LogP contribution is 2.18. The van der Waals surface area contributed by atoms with Crippen molar-refractivity contribution >= 4 is 11.3 Å². The molecule has 0 amide bonds. The van der Waals surface area contributed by atoms with Crippen molar-refractivity contribution < 1.29 is 10.2 Å². The smallest absolute Gasteiger partial charge is 0.120 e. The minimum atomic E-state index is -0.485. The Hall–Kier alpha value is -1.36. The Morgan fingerprint density at radius 1 is 1.18 bits per heavy atom. The highest BCUT2D eigenvalue weighted by atomic mass is 32.1. The van der Waals surface area contributed by atoms with E-state index in [1.165, 1.54) is 0 Å². The molecular formula is C13H15NO2S. The Balaban J connectivity index is 1.82. The van der Waals surface area contributed by atoms with Gasteiger partial charge in [-0.15, -0.1) is 11.3 Å². The number of aliphatic hydroxyl groups excluding tert-OH is 1. The van der Waals surface area contributed by atoms with Gasteiger partial charge in [0.25, 0.3) is 0 Å². The molecule has 4 heteroatoms. The standard InChI is InChI=1S/C13H15NO2S/c15-11-5-2-1-4-10(11)8-14-9-12(16)13-6-3-7-17-13/h1-7,12,14-16H,8-9H2. The Bertz CT molecular complexity index is 456. The van der Waals surface area contributed by atoms with Crippen LogP contribution < -0.4 is 5.32 Å². The van der Waals surface area contributed by atoms with Gasteiger partial charge in [-0.25, -0.2) is 0 Å². The summed E-state index contributed by atoms with van der Waals surface area (Å²) in [7, 11) is 0. The third-order valence-corrected chi connectivity index (χ3v) is 3.49. The van der Waals surface area contributed by atoms with Gasteiger partial charge in [0.2, 0.25) is 0 Å². The highest BCUT2D eigenvalue weighted by Gasteiger charge is 2.08. The number of hydrogen-bond acceptors (Lipinski definition) is 4. The number of benzene rings is 1. The average Bonchev–Trinajstić information content (AvgIpc) is 2.85. The zero-order chi connectivity index (χ0) is 12.1. The van der Waals surface area contributed by atoms with E-state index in [4.69, 9.17) is 0 Å². The van der Waals surface area contributed by atoms with Gasteiger partial charge in [0, 0.05) is 23.5 Å². The first-order chi connectivity index (χ1) is 8.27. The van der Waals surface area contributed by atoms with Gasteiger partial charge in [-0.1, -0.05) is 24.3 Å². The van der Waals surface area contributed by atoms with E-state index in [0.29, 0.717) is 13.1 Å². The third kappa shape index (κ3) is 3.30. The molecular weight excluding hydrogens is 234 g/mol. The molecule has 1 unspecified atom stereocenters. The molecule has 1 aromatic carbocycles. The molecule has 0 spiro atoms. The first kappa shape index (κ1) is 12.1. The predicted octanol–water partition coefficient (Wildman–Crippen LogP) is 2.28. The second-order valence-electron chi connectivity index (χ2n) is 3.79. The van der Waals surface area contributed by atoms with Crippen LogP contribution in [0.15, 0.2) is 41.8 Å². The molecule has 3 N–H and O–H groups in total. The SMILES string of the molecule is Oc1ccccc1CNCC(O)c1cccs1. The lowest BCUT2D eigenvalue weighted by Gasteiger charge is -2.10. The number of aromatic hydroxyl groups is 1. The Kier molecular flexibility index (Phi) is 4.14. The van der Waals surface area contributed by atoms with Crippen molar-refractivity contribution in [3.63, 3.8) is 0 Å². The minimum Gasteiger partial charge on any atom is -0.508 e. The Morgan fingerprint density at radius 3 is 2.71 bits per heavy atom. The van der Waals surface area contributed by atoms with E-state index in [-0.39, 0.29) is 5.75 Å². The zero-order valence-corrected chi connectivity index (χ0v) is 10.2. The van der Waals surface area contributed by atoms with Crippen LogP contribution in [0.4, 0.5) is 0 Å². The van der Waals surface area contributed by atoms with Gasteiger partial charge in [-0.3, -0.25) is 0 Å². The van der Waals surface area contributed by atoms with E-state index in [1.54, 1.807) is 23.5 Å². The molecule has 17 heavy (non-hydrogen) atoms. The summed E-state index contributed by atoms with van der Waals surface area (Å²) < 4.78 is 0. The van der Waals surface area contributed by atoms with E-state index in [2.05, 4.69) is 5.32 Å². The van der Waals surface area contributed by atoms with E-state index in [0.717, 1.165) is 10.4 Å². The van der Waals surface area contributed by atoms with Crippen molar-refractivity contribution in [3.05, 3.63) is 52.2 Å². The fraction of sp³-hybridized carbons (Fsp3) is 0.231. The van der Waals surface area contributed by atoms with Crippen molar-refractivity contribution in [3.8, 4) is 5.75 Å². The predicted molar refractivity (Wildman–Crippen MR) is 69.1 cm³/mol. The molecule has 1 heterocycles. The third-order valence-electron chi connectivity index (χ3n) is 2.52. The lowest BCUT2D eigenvalue weighted by molar-refractivity contribution is 0.178. The normalized spacial score (nSPS) is 12.5. The lowest BCUT2D eigenvalue weighted by Crippen LogP contribution is -2.20.